The van der Waals surface area contributed by atoms with Crippen molar-refractivity contribution >= 4 is 10.1 Å². The van der Waals surface area contributed by atoms with Crippen LogP contribution in [0.3, 0.4) is 0 Å². The van der Waals surface area contributed by atoms with Crippen molar-refractivity contribution in [3.63, 3.8) is 0 Å². The van der Waals surface area contributed by atoms with Gasteiger partial charge in [0, 0.05) is 0 Å². The summed E-state index contributed by atoms with van der Waals surface area (Å²) in [5, 5.41) is -0.540. The van der Waals surface area contributed by atoms with Gasteiger partial charge < -0.3 is 4.74 Å². The van der Waals surface area contributed by atoms with E-state index in [1.807, 2.05) is 19.1 Å². The summed E-state index contributed by atoms with van der Waals surface area (Å²) >= 11 is 0. The van der Waals surface area contributed by atoms with Gasteiger partial charge in [0.25, 0.3) is 10.1 Å². The Morgan fingerprint density at radius 1 is 1.47 bits per heavy atom. The lowest BCUT2D eigenvalue weighted by Gasteiger charge is -2.27. The molecule has 1 aliphatic carbocycles. The average molecular weight is 230 g/mol. The number of ether oxygens (including phenoxy) is 1. The van der Waals surface area contributed by atoms with Crippen LogP contribution in [-0.2, 0) is 19.0 Å². The first-order valence-electron chi connectivity index (χ1n) is 4.93. The summed E-state index contributed by atoms with van der Waals surface area (Å²) in [5.41, 5.74) is 1.09. The van der Waals surface area contributed by atoms with Gasteiger partial charge in [-0.25, -0.2) is 0 Å². The molecule has 1 saturated heterocycles. The van der Waals surface area contributed by atoms with Gasteiger partial charge in [0.05, 0.1) is 13.2 Å². The predicted molar refractivity (Wildman–Crippen MR) is 55.9 cm³/mol. The fourth-order valence-corrected chi connectivity index (χ4v) is 2.69. The van der Waals surface area contributed by atoms with Crippen LogP contribution < -0.4 is 0 Å². The molecule has 0 aromatic rings. The van der Waals surface area contributed by atoms with Crippen molar-refractivity contribution in [2.75, 3.05) is 13.2 Å². The Kier molecular flexibility index (Phi) is 2.95. The maximum Gasteiger partial charge on any atom is 0.274 e. The highest BCUT2D eigenvalue weighted by Crippen LogP contribution is 2.21. The van der Waals surface area contributed by atoms with Crippen LogP contribution in [-0.4, -0.2) is 33.0 Å². The van der Waals surface area contributed by atoms with Crippen LogP contribution in [0.15, 0.2) is 23.8 Å². The molecule has 0 bridgehead atoms. The first-order valence-corrected chi connectivity index (χ1v) is 6.40. The Bertz CT molecular complexity index is 390. The van der Waals surface area contributed by atoms with E-state index in [1.165, 1.54) is 0 Å². The molecule has 0 aromatic carbocycles. The van der Waals surface area contributed by atoms with Gasteiger partial charge in [0.2, 0.25) is 0 Å². The van der Waals surface area contributed by atoms with Crippen molar-refractivity contribution in [2.24, 2.45) is 0 Å². The Balaban J connectivity index is 2.00. The number of hydrogen-bond acceptors (Lipinski definition) is 4. The highest BCUT2D eigenvalue weighted by molar-refractivity contribution is 7.87. The summed E-state index contributed by atoms with van der Waals surface area (Å²) in [6.45, 7) is 2.70. The van der Waals surface area contributed by atoms with Gasteiger partial charge in [-0.1, -0.05) is 23.8 Å². The Hall–Kier alpha value is -0.650. The molecule has 0 N–H and O–H groups in total. The molecular weight excluding hydrogens is 216 g/mol. The second kappa shape index (κ2) is 4.08. The van der Waals surface area contributed by atoms with Crippen LogP contribution in [0.2, 0.25) is 0 Å². The number of allylic oxidation sites excluding steroid dienone is 3. The van der Waals surface area contributed by atoms with Gasteiger partial charge in [-0.3, -0.25) is 4.18 Å². The standard InChI is InChI=1S/C10H14O4S/c1-8-2-4-10(5-3-8)15(11,12)14-9-6-13-7-9/h2-4,9-10H,5-7H2,1H3. The maximum absolute atomic E-state index is 11.7. The van der Waals surface area contributed by atoms with Crippen LogP contribution in [0.4, 0.5) is 0 Å². The van der Waals surface area contributed by atoms with Crippen LogP contribution in [0.1, 0.15) is 13.3 Å². The van der Waals surface area contributed by atoms with Crippen molar-refractivity contribution in [3.8, 4) is 0 Å². The third-order valence-corrected chi connectivity index (χ3v) is 4.13. The van der Waals surface area contributed by atoms with Gasteiger partial charge >= 0.3 is 0 Å². The highest BCUT2D eigenvalue weighted by atomic mass is 32.2. The molecule has 5 heteroatoms. The van der Waals surface area contributed by atoms with Crippen molar-refractivity contribution in [1.82, 2.24) is 0 Å². The smallest absolute Gasteiger partial charge is 0.274 e. The lowest BCUT2D eigenvalue weighted by atomic mass is 10.1. The molecule has 15 heavy (non-hydrogen) atoms. The van der Waals surface area contributed by atoms with Crippen molar-refractivity contribution in [2.45, 2.75) is 24.7 Å². The van der Waals surface area contributed by atoms with Crippen molar-refractivity contribution in [3.05, 3.63) is 23.8 Å². The van der Waals surface area contributed by atoms with Gasteiger partial charge in [0.15, 0.2) is 0 Å². The van der Waals surface area contributed by atoms with E-state index in [2.05, 4.69) is 0 Å². The zero-order chi connectivity index (χ0) is 10.9. The van der Waals surface area contributed by atoms with Gasteiger partial charge in [-0.15, -0.1) is 0 Å². The minimum Gasteiger partial charge on any atom is -0.376 e. The Morgan fingerprint density at radius 2 is 2.20 bits per heavy atom. The summed E-state index contributed by atoms with van der Waals surface area (Å²) < 4.78 is 33.4. The molecule has 0 radical (unpaired) electrons. The van der Waals surface area contributed by atoms with Crippen LogP contribution in [0, 0.1) is 0 Å². The topological polar surface area (TPSA) is 52.6 Å². The molecule has 84 valence electrons. The molecule has 1 aliphatic heterocycles. The molecule has 1 atom stereocenters. The molecule has 2 aliphatic rings. The fraction of sp³-hybridized carbons (Fsp3) is 0.600. The lowest BCUT2D eigenvalue weighted by Crippen LogP contribution is -2.40. The van der Waals surface area contributed by atoms with E-state index in [1.54, 1.807) is 6.08 Å². The highest BCUT2D eigenvalue weighted by Gasteiger charge is 2.31. The van der Waals surface area contributed by atoms with Crippen LogP contribution >= 0.6 is 0 Å². The van der Waals surface area contributed by atoms with E-state index >= 15 is 0 Å². The zero-order valence-corrected chi connectivity index (χ0v) is 9.37. The largest absolute Gasteiger partial charge is 0.376 e. The summed E-state index contributed by atoms with van der Waals surface area (Å²) in [6, 6.07) is 0. The first-order chi connectivity index (χ1) is 7.08. The molecule has 2 rings (SSSR count). The quantitative estimate of drug-likeness (QED) is 0.679. The zero-order valence-electron chi connectivity index (χ0n) is 8.55. The minimum atomic E-state index is -3.48. The van der Waals surface area contributed by atoms with Crippen LogP contribution in [0.5, 0.6) is 0 Å². The van der Waals surface area contributed by atoms with E-state index in [4.69, 9.17) is 8.92 Å². The maximum atomic E-state index is 11.7. The fourth-order valence-electron chi connectivity index (χ4n) is 1.45. The summed E-state index contributed by atoms with van der Waals surface area (Å²) in [7, 11) is -3.48. The average Bonchev–Trinajstić information content (AvgIpc) is 2.13. The third kappa shape index (κ3) is 2.48. The summed E-state index contributed by atoms with van der Waals surface area (Å²) in [4.78, 5) is 0. The molecule has 0 amide bonds. The predicted octanol–water partition coefficient (Wildman–Crippen LogP) is 1.01. The molecule has 1 heterocycles. The summed E-state index contributed by atoms with van der Waals surface area (Å²) in [6.07, 6.45) is 5.62. The van der Waals surface area contributed by atoms with Crippen molar-refractivity contribution in [1.29, 1.82) is 0 Å². The van der Waals surface area contributed by atoms with Crippen molar-refractivity contribution < 1.29 is 17.3 Å². The minimum absolute atomic E-state index is 0.282. The third-order valence-electron chi connectivity index (χ3n) is 2.49. The lowest BCUT2D eigenvalue weighted by molar-refractivity contribution is -0.0771. The van der Waals surface area contributed by atoms with Gasteiger partial charge in [-0.05, 0) is 13.3 Å². The van der Waals surface area contributed by atoms with E-state index in [0.29, 0.717) is 19.6 Å². The Labute approximate surface area is 89.7 Å². The monoisotopic (exact) mass is 230 g/mol. The van der Waals surface area contributed by atoms with Gasteiger partial charge in [-0.2, -0.15) is 8.42 Å². The normalized spacial score (nSPS) is 27.3. The second-order valence-electron chi connectivity index (χ2n) is 3.83. The number of hydrogen-bond donors (Lipinski definition) is 0. The molecule has 0 aromatic heterocycles. The summed E-state index contributed by atoms with van der Waals surface area (Å²) in [5.74, 6) is 0. The first kappa shape index (κ1) is 10.9. The van der Waals surface area contributed by atoms with E-state index in [0.717, 1.165) is 5.57 Å². The van der Waals surface area contributed by atoms with E-state index in [-0.39, 0.29) is 6.10 Å². The molecule has 0 saturated carbocycles. The van der Waals surface area contributed by atoms with E-state index in [9.17, 15) is 8.42 Å². The van der Waals surface area contributed by atoms with Crippen LogP contribution in [0.25, 0.3) is 0 Å². The SMILES string of the molecule is CC1=CCC(S(=O)(=O)OC2COC2)C=C1. The van der Waals surface area contributed by atoms with Gasteiger partial charge in [0.1, 0.15) is 11.4 Å². The Morgan fingerprint density at radius 3 is 2.67 bits per heavy atom. The molecule has 1 unspecified atom stereocenters. The number of rotatable bonds is 3. The molecule has 4 nitrogen and oxygen atoms in total. The molecular formula is C10H14O4S. The second-order valence-corrected chi connectivity index (χ2v) is 5.61. The van der Waals surface area contributed by atoms with E-state index < -0.39 is 15.4 Å². The molecule has 1 fully saturated rings. The molecule has 0 spiro atoms.